The van der Waals surface area contributed by atoms with E-state index in [1.807, 2.05) is 5.38 Å². The van der Waals surface area contributed by atoms with Crippen molar-refractivity contribution in [1.82, 2.24) is 9.88 Å². The summed E-state index contributed by atoms with van der Waals surface area (Å²) in [5.41, 5.74) is 2.18. The van der Waals surface area contributed by atoms with Crippen LogP contribution >= 0.6 is 27.3 Å². The number of aromatic nitrogens is 1. The Labute approximate surface area is 175 Å². The third-order valence-electron chi connectivity index (χ3n) is 4.83. The summed E-state index contributed by atoms with van der Waals surface area (Å²) in [4.78, 5) is 24.4. The van der Waals surface area contributed by atoms with E-state index in [4.69, 9.17) is 9.73 Å². The van der Waals surface area contributed by atoms with Crippen LogP contribution in [0, 0.1) is 11.7 Å². The molecule has 4 rings (SSSR count). The van der Waals surface area contributed by atoms with Gasteiger partial charge in [0.25, 0.3) is 0 Å². The van der Waals surface area contributed by atoms with Gasteiger partial charge in [-0.2, -0.15) is 0 Å². The predicted octanol–water partition coefficient (Wildman–Crippen LogP) is 4.71. The Morgan fingerprint density at radius 1 is 1.46 bits per heavy atom. The Hall–Kier alpha value is -2.06. The molecule has 1 saturated heterocycles. The van der Waals surface area contributed by atoms with Crippen molar-refractivity contribution in [2.24, 2.45) is 10.9 Å². The van der Waals surface area contributed by atoms with Gasteiger partial charge in [-0.3, -0.25) is 4.99 Å². The lowest BCUT2D eigenvalue weighted by Gasteiger charge is -2.32. The van der Waals surface area contributed by atoms with E-state index >= 15 is 0 Å². The largest absolute Gasteiger partial charge is 0.463 e. The minimum absolute atomic E-state index is 0.283. The van der Waals surface area contributed by atoms with E-state index < -0.39 is 6.04 Å². The van der Waals surface area contributed by atoms with Gasteiger partial charge in [0.2, 0.25) is 0 Å². The van der Waals surface area contributed by atoms with Crippen molar-refractivity contribution >= 4 is 39.1 Å². The summed E-state index contributed by atoms with van der Waals surface area (Å²) in [6, 6.07) is 3.87. The lowest BCUT2D eigenvalue weighted by Crippen LogP contribution is -2.35. The van der Waals surface area contributed by atoms with Gasteiger partial charge in [-0.1, -0.05) is 28.9 Å². The number of amidine groups is 1. The zero-order valence-electron chi connectivity index (χ0n) is 15.5. The van der Waals surface area contributed by atoms with Crippen LogP contribution in [-0.4, -0.2) is 34.8 Å². The Kier molecular flexibility index (Phi) is 5.33. The van der Waals surface area contributed by atoms with Crippen LogP contribution in [0.1, 0.15) is 36.9 Å². The summed E-state index contributed by atoms with van der Waals surface area (Å²) >= 11 is 4.95. The number of fused-ring (bicyclic) bond motifs is 1. The topological polar surface area (TPSA) is 54.8 Å². The molecule has 28 heavy (non-hydrogen) atoms. The maximum Gasteiger partial charge on any atom is 0.338 e. The summed E-state index contributed by atoms with van der Waals surface area (Å²) in [7, 11) is 0. The Bertz CT molecular complexity index is 974. The van der Waals surface area contributed by atoms with E-state index in [1.54, 1.807) is 19.2 Å². The second-order valence-corrected chi connectivity index (χ2v) is 8.61. The SMILES string of the molecule is CCOC(=O)C1=C2C[C@@H](C)CN2C(c2nccs2)=N[C@H]1c1ccc(F)cc1Br. The molecule has 1 aromatic carbocycles. The number of hydrogen-bond donors (Lipinski definition) is 0. The van der Waals surface area contributed by atoms with Gasteiger partial charge in [0, 0.05) is 28.3 Å². The van der Waals surface area contributed by atoms with Crippen LogP contribution in [0.4, 0.5) is 4.39 Å². The van der Waals surface area contributed by atoms with Crippen LogP contribution in [0.3, 0.4) is 0 Å². The Balaban J connectivity index is 1.91. The van der Waals surface area contributed by atoms with Gasteiger partial charge < -0.3 is 9.64 Å². The van der Waals surface area contributed by atoms with E-state index in [0.29, 0.717) is 16.0 Å². The van der Waals surface area contributed by atoms with Gasteiger partial charge in [0.05, 0.1) is 12.2 Å². The molecular weight excluding hydrogens is 445 g/mol. The highest BCUT2D eigenvalue weighted by molar-refractivity contribution is 9.10. The van der Waals surface area contributed by atoms with Gasteiger partial charge in [0.15, 0.2) is 10.8 Å². The van der Waals surface area contributed by atoms with Crippen LogP contribution in [0.15, 0.2) is 50.5 Å². The van der Waals surface area contributed by atoms with Crippen molar-refractivity contribution in [2.75, 3.05) is 13.2 Å². The summed E-state index contributed by atoms with van der Waals surface area (Å²) < 4.78 is 19.6. The molecule has 0 N–H and O–H groups in total. The molecule has 0 spiro atoms. The van der Waals surface area contributed by atoms with Crippen LogP contribution in [0.5, 0.6) is 0 Å². The van der Waals surface area contributed by atoms with E-state index in [0.717, 1.165) is 35.1 Å². The number of hydrogen-bond acceptors (Lipinski definition) is 6. The quantitative estimate of drug-likeness (QED) is 0.616. The normalized spacial score (nSPS) is 21.6. The summed E-state index contributed by atoms with van der Waals surface area (Å²) in [6.07, 6.45) is 2.50. The van der Waals surface area contributed by atoms with E-state index in [9.17, 15) is 9.18 Å². The monoisotopic (exact) mass is 463 g/mol. The van der Waals surface area contributed by atoms with Crippen LogP contribution in [0.25, 0.3) is 0 Å². The predicted molar refractivity (Wildman–Crippen MR) is 110 cm³/mol. The Morgan fingerprint density at radius 3 is 2.96 bits per heavy atom. The molecule has 0 aliphatic carbocycles. The zero-order valence-corrected chi connectivity index (χ0v) is 17.9. The molecule has 2 aliphatic rings. The highest BCUT2D eigenvalue weighted by Crippen LogP contribution is 2.43. The number of carbonyl (C=O) groups excluding carboxylic acids is 1. The fraction of sp³-hybridized carbons (Fsp3) is 0.350. The Morgan fingerprint density at radius 2 is 2.29 bits per heavy atom. The number of halogens is 2. The van der Waals surface area contributed by atoms with Crippen LogP contribution in [0.2, 0.25) is 0 Å². The van der Waals surface area contributed by atoms with Crippen molar-refractivity contribution in [3.63, 3.8) is 0 Å². The molecule has 0 radical (unpaired) electrons. The minimum atomic E-state index is -0.579. The molecule has 0 bridgehead atoms. The van der Waals surface area contributed by atoms with Crippen molar-refractivity contribution < 1.29 is 13.9 Å². The lowest BCUT2D eigenvalue weighted by molar-refractivity contribution is -0.139. The van der Waals surface area contributed by atoms with Gasteiger partial charge >= 0.3 is 5.97 Å². The number of nitrogens with zero attached hydrogens (tertiary/aromatic N) is 3. The molecule has 0 amide bonds. The van der Waals surface area contributed by atoms with E-state index in [2.05, 4.69) is 32.7 Å². The van der Waals surface area contributed by atoms with Crippen molar-refractivity contribution in [2.45, 2.75) is 26.3 Å². The van der Waals surface area contributed by atoms with Gasteiger partial charge in [-0.15, -0.1) is 11.3 Å². The molecule has 8 heteroatoms. The maximum atomic E-state index is 13.7. The number of allylic oxidation sites excluding steroid dienone is 1. The van der Waals surface area contributed by atoms with Crippen molar-refractivity contribution in [1.29, 1.82) is 0 Å². The fourth-order valence-electron chi connectivity index (χ4n) is 3.70. The van der Waals surface area contributed by atoms with Crippen molar-refractivity contribution in [3.8, 4) is 0 Å². The molecule has 1 aromatic heterocycles. The number of aliphatic imine (C=N–C) groups is 1. The summed E-state index contributed by atoms with van der Waals surface area (Å²) in [6.45, 7) is 4.99. The third kappa shape index (κ3) is 3.39. The standard InChI is InChI=1S/C20H19BrFN3O2S/c1-3-27-20(26)16-15-8-11(2)10-25(15)18(19-23-6-7-28-19)24-17(16)13-5-4-12(22)9-14(13)21/h4-7,9,11,17H,3,8,10H2,1-2H3/t11-,17+/m1/s1. The number of carbonyl (C=O) groups is 1. The van der Waals surface area contributed by atoms with Crippen molar-refractivity contribution in [3.05, 3.63) is 61.9 Å². The first-order valence-corrected chi connectivity index (χ1v) is 10.8. The van der Waals surface area contributed by atoms with Gasteiger partial charge in [0.1, 0.15) is 11.9 Å². The average Bonchev–Trinajstić information content (AvgIpc) is 3.29. The first-order valence-electron chi connectivity index (χ1n) is 9.09. The second kappa shape index (κ2) is 7.75. The third-order valence-corrected chi connectivity index (χ3v) is 6.29. The highest BCUT2D eigenvalue weighted by atomic mass is 79.9. The number of rotatable bonds is 4. The number of thiazole rings is 1. The van der Waals surface area contributed by atoms with Gasteiger partial charge in [-0.25, -0.2) is 14.2 Å². The van der Waals surface area contributed by atoms with E-state index in [-0.39, 0.29) is 18.4 Å². The summed E-state index contributed by atoms with van der Waals surface area (Å²) in [5.74, 6) is 0.403. The van der Waals surface area contributed by atoms with Gasteiger partial charge in [-0.05, 0) is 37.0 Å². The highest BCUT2D eigenvalue weighted by Gasteiger charge is 2.41. The minimum Gasteiger partial charge on any atom is -0.463 e. The fourth-order valence-corrected chi connectivity index (χ4v) is 4.91. The molecule has 146 valence electrons. The molecular formula is C20H19BrFN3O2S. The first-order chi connectivity index (χ1) is 13.5. The zero-order chi connectivity index (χ0) is 19.8. The molecule has 2 aromatic rings. The molecule has 3 heterocycles. The average molecular weight is 464 g/mol. The lowest BCUT2D eigenvalue weighted by atomic mass is 9.94. The molecule has 0 saturated carbocycles. The summed E-state index contributed by atoms with van der Waals surface area (Å²) in [5, 5.41) is 2.71. The maximum absolute atomic E-state index is 13.7. The first kappa shape index (κ1) is 19.3. The molecule has 5 nitrogen and oxygen atoms in total. The molecule has 2 atom stereocenters. The number of esters is 1. The number of ether oxygens (including phenoxy) is 1. The molecule has 1 fully saturated rings. The molecule has 2 aliphatic heterocycles. The second-order valence-electron chi connectivity index (χ2n) is 6.86. The van der Waals surface area contributed by atoms with Crippen LogP contribution in [-0.2, 0) is 9.53 Å². The van der Waals surface area contributed by atoms with Crippen LogP contribution < -0.4 is 0 Å². The molecule has 0 unspecified atom stereocenters. The smallest absolute Gasteiger partial charge is 0.338 e. The van der Waals surface area contributed by atoms with E-state index in [1.165, 1.54) is 23.5 Å². The number of benzene rings is 1.